The van der Waals surface area contributed by atoms with Crippen molar-refractivity contribution in [3.63, 3.8) is 0 Å². The maximum Gasteiger partial charge on any atom is 0.159 e. The number of ether oxygens (including phenoxy) is 1. The molecule has 1 aromatic rings. The summed E-state index contributed by atoms with van der Waals surface area (Å²) in [5.41, 5.74) is 2.20. The van der Waals surface area contributed by atoms with Gasteiger partial charge >= 0.3 is 0 Å². The van der Waals surface area contributed by atoms with Gasteiger partial charge in [0, 0.05) is 12.0 Å². The van der Waals surface area contributed by atoms with Gasteiger partial charge in [-0.1, -0.05) is 24.3 Å². The molecule has 3 nitrogen and oxygen atoms in total. The van der Waals surface area contributed by atoms with Crippen LogP contribution in [0.3, 0.4) is 0 Å². The summed E-state index contributed by atoms with van der Waals surface area (Å²) in [6.45, 7) is 4.11. The molecular weight excluding hydrogens is 238 g/mol. The van der Waals surface area contributed by atoms with E-state index in [1.54, 1.807) is 7.11 Å². The average molecular weight is 257 g/mol. The first-order valence-electron chi connectivity index (χ1n) is 6.82. The maximum atomic E-state index is 12.5. The molecule has 1 aromatic carbocycles. The first-order chi connectivity index (χ1) is 9.20. The lowest BCUT2D eigenvalue weighted by Gasteiger charge is -2.25. The van der Waals surface area contributed by atoms with Gasteiger partial charge in [-0.2, -0.15) is 0 Å². The number of ketones is 1. The molecule has 1 saturated heterocycles. The van der Waals surface area contributed by atoms with E-state index in [-0.39, 0.29) is 18.0 Å². The Labute approximate surface area is 113 Å². The summed E-state index contributed by atoms with van der Waals surface area (Å²) in [6.07, 6.45) is 3.11. The Bertz CT molecular complexity index is 506. The predicted octanol–water partition coefficient (Wildman–Crippen LogP) is 2.63. The number of hydrogen-bond acceptors (Lipinski definition) is 3. The molecule has 1 saturated carbocycles. The average Bonchev–Trinajstić information content (AvgIpc) is 2.78. The zero-order valence-electron chi connectivity index (χ0n) is 11.2. The van der Waals surface area contributed by atoms with Crippen LogP contribution < -0.4 is 10.1 Å². The van der Waals surface area contributed by atoms with Crippen LogP contribution in [0.5, 0.6) is 5.75 Å². The molecule has 2 fully saturated rings. The molecule has 19 heavy (non-hydrogen) atoms. The number of nitrogens with one attached hydrogen (secondary N) is 1. The van der Waals surface area contributed by atoms with E-state index in [0.29, 0.717) is 5.78 Å². The van der Waals surface area contributed by atoms with E-state index in [4.69, 9.17) is 4.74 Å². The van der Waals surface area contributed by atoms with Crippen molar-refractivity contribution >= 4 is 5.78 Å². The monoisotopic (exact) mass is 257 g/mol. The molecule has 1 aliphatic heterocycles. The molecule has 2 aliphatic rings. The van der Waals surface area contributed by atoms with Crippen molar-refractivity contribution in [2.24, 2.45) is 5.92 Å². The first kappa shape index (κ1) is 12.4. The summed E-state index contributed by atoms with van der Waals surface area (Å²) in [6, 6.07) is 7.73. The number of benzene rings is 1. The molecule has 100 valence electrons. The summed E-state index contributed by atoms with van der Waals surface area (Å²) in [7, 11) is 1.65. The van der Waals surface area contributed by atoms with Crippen LogP contribution in [0.15, 0.2) is 36.4 Å². The highest BCUT2D eigenvalue weighted by Crippen LogP contribution is 2.38. The SMILES string of the molecule is C=C1CCCC2C(=O)C(c3ccc(OC)cc3)NC12. The fourth-order valence-electron chi connectivity index (χ4n) is 3.23. The lowest BCUT2D eigenvalue weighted by atomic mass is 9.81. The fraction of sp³-hybridized carbons (Fsp3) is 0.438. The van der Waals surface area contributed by atoms with Gasteiger partial charge in [-0.05, 0) is 37.0 Å². The molecule has 0 amide bonds. The maximum absolute atomic E-state index is 12.5. The van der Waals surface area contributed by atoms with Gasteiger partial charge in [0.05, 0.1) is 13.2 Å². The molecule has 0 radical (unpaired) electrons. The van der Waals surface area contributed by atoms with Crippen molar-refractivity contribution < 1.29 is 9.53 Å². The van der Waals surface area contributed by atoms with Crippen LogP contribution in [0, 0.1) is 5.92 Å². The second-order valence-electron chi connectivity index (χ2n) is 5.41. The number of carbonyl (C=O) groups is 1. The number of carbonyl (C=O) groups excluding carboxylic acids is 1. The van der Waals surface area contributed by atoms with Crippen molar-refractivity contribution in [2.45, 2.75) is 31.3 Å². The molecule has 1 heterocycles. The Morgan fingerprint density at radius 2 is 2.05 bits per heavy atom. The van der Waals surface area contributed by atoms with Crippen molar-refractivity contribution in [3.05, 3.63) is 42.0 Å². The highest BCUT2D eigenvalue weighted by Gasteiger charge is 2.44. The van der Waals surface area contributed by atoms with Gasteiger partial charge < -0.3 is 4.74 Å². The predicted molar refractivity (Wildman–Crippen MR) is 74.1 cm³/mol. The van der Waals surface area contributed by atoms with Crippen molar-refractivity contribution in [1.29, 1.82) is 0 Å². The van der Waals surface area contributed by atoms with E-state index in [0.717, 1.165) is 30.6 Å². The number of methoxy groups -OCH3 is 1. The van der Waals surface area contributed by atoms with Gasteiger partial charge in [0.1, 0.15) is 5.75 Å². The van der Waals surface area contributed by atoms with Crippen molar-refractivity contribution in [3.8, 4) is 5.75 Å². The Hall–Kier alpha value is -1.61. The van der Waals surface area contributed by atoms with Gasteiger partial charge in [0.2, 0.25) is 0 Å². The number of Topliss-reactive ketones (excluding diaryl/α,β-unsaturated/α-hetero) is 1. The minimum Gasteiger partial charge on any atom is -0.497 e. The summed E-state index contributed by atoms with van der Waals surface area (Å²) in [5, 5.41) is 3.46. The molecule has 1 N–H and O–H groups in total. The number of fused-ring (bicyclic) bond motifs is 1. The van der Waals surface area contributed by atoms with E-state index in [9.17, 15) is 4.79 Å². The molecule has 3 heteroatoms. The van der Waals surface area contributed by atoms with E-state index < -0.39 is 0 Å². The summed E-state index contributed by atoms with van der Waals surface area (Å²) < 4.78 is 5.15. The molecule has 0 bridgehead atoms. The second-order valence-corrected chi connectivity index (χ2v) is 5.41. The third kappa shape index (κ3) is 2.08. The van der Waals surface area contributed by atoms with Crippen LogP contribution >= 0.6 is 0 Å². The van der Waals surface area contributed by atoms with E-state index in [2.05, 4.69) is 11.9 Å². The van der Waals surface area contributed by atoms with E-state index in [1.165, 1.54) is 5.57 Å². The second kappa shape index (κ2) is 4.82. The summed E-state index contributed by atoms with van der Waals surface area (Å²) in [5.74, 6) is 1.25. The largest absolute Gasteiger partial charge is 0.497 e. The van der Waals surface area contributed by atoms with Gasteiger partial charge in [0.15, 0.2) is 5.78 Å². The fourth-order valence-corrected chi connectivity index (χ4v) is 3.23. The van der Waals surface area contributed by atoms with Crippen LogP contribution in [0.4, 0.5) is 0 Å². The normalized spacial score (nSPS) is 30.3. The van der Waals surface area contributed by atoms with Crippen LogP contribution in [-0.4, -0.2) is 18.9 Å². The molecule has 3 rings (SSSR count). The topological polar surface area (TPSA) is 38.3 Å². The van der Waals surface area contributed by atoms with Gasteiger partial charge in [-0.15, -0.1) is 0 Å². The van der Waals surface area contributed by atoms with Crippen LogP contribution in [-0.2, 0) is 4.79 Å². The molecule has 1 aliphatic carbocycles. The van der Waals surface area contributed by atoms with Crippen LogP contribution in [0.25, 0.3) is 0 Å². The zero-order valence-corrected chi connectivity index (χ0v) is 11.2. The molecular formula is C16H19NO2. The molecule has 0 spiro atoms. The van der Waals surface area contributed by atoms with Gasteiger partial charge in [-0.3, -0.25) is 10.1 Å². The number of rotatable bonds is 2. The first-order valence-corrected chi connectivity index (χ1v) is 6.82. The van der Waals surface area contributed by atoms with Crippen molar-refractivity contribution in [2.75, 3.05) is 7.11 Å². The lowest BCUT2D eigenvalue weighted by molar-refractivity contribution is -0.122. The third-order valence-corrected chi connectivity index (χ3v) is 4.30. The Morgan fingerprint density at radius 3 is 2.68 bits per heavy atom. The lowest BCUT2D eigenvalue weighted by Crippen LogP contribution is -2.32. The summed E-state index contributed by atoms with van der Waals surface area (Å²) in [4.78, 5) is 12.5. The van der Waals surface area contributed by atoms with Crippen LogP contribution in [0.2, 0.25) is 0 Å². The highest BCUT2D eigenvalue weighted by molar-refractivity contribution is 5.91. The zero-order chi connectivity index (χ0) is 13.4. The Morgan fingerprint density at radius 1 is 1.32 bits per heavy atom. The highest BCUT2D eigenvalue weighted by atomic mass is 16.5. The van der Waals surface area contributed by atoms with Crippen molar-refractivity contribution in [1.82, 2.24) is 5.32 Å². The Balaban J connectivity index is 1.85. The third-order valence-electron chi connectivity index (χ3n) is 4.30. The molecule has 3 atom stereocenters. The minimum absolute atomic E-state index is 0.119. The molecule has 3 unspecified atom stereocenters. The molecule has 0 aromatic heterocycles. The Kier molecular flexibility index (Phi) is 3.15. The van der Waals surface area contributed by atoms with E-state index in [1.807, 2.05) is 24.3 Å². The number of hydrogen-bond donors (Lipinski definition) is 1. The van der Waals surface area contributed by atoms with E-state index >= 15 is 0 Å². The van der Waals surface area contributed by atoms with Gasteiger partial charge in [-0.25, -0.2) is 0 Å². The minimum atomic E-state index is -0.184. The summed E-state index contributed by atoms with van der Waals surface area (Å²) >= 11 is 0. The standard InChI is InChI=1S/C16H19NO2/c1-10-4-3-5-13-14(10)17-15(16(13)18)11-6-8-12(19-2)9-7-11/h6-9,13-15,17H,1,3-5H2,2H3. The quantitative estimate of drug-likeness (QED) is 0.828. The van der Waals surface area contributed by atoms with Gasteiger partial charge in [0.25, 0.3) is 0 Å². The van der Waals surface area contributed by atoms with Crippen LogP contribution in [0.1, 0.15) is 30.9 Å². The smallest absolute Gasteiger partial charge is 0.159 e.